The molecule has 0 aromatic heterocycles. The van der Waals surface area contributed by atoms with Crippen molar-refractivity contribution in [1.82, 2.24) is 10.2 Å². The Bertz CT molecular complexity index is 237. The first-order chi connectivity index (χ1) is 8.74. The van der Waals surface area contributed by atoms with Crippen molar-refractivity contribution in [2.75, 3.05) is 19.6 Å². The molecule has 0 spiro atoms. The number of nitrogens with zero attached hydrogens (tertiary/aromatic N) is 1. The summed E-state index contributed by atoms with van der Waals surface area (Å²) in [6, 6.07) is 1.58. The lowest BCUT2D eigenvalue weighted by atomic mass is 9.79. The Labute approximate surface area is 114 Å². The zero-order valence-electron chi connectivity index (χ0n) is 12.6. The Hall–Kier alpha value is -0.0800. The third-order valence-corrected chi connectivity index (χ3v) is 5.01. The van der Waals surface area contributed by atoms with E-state index in [4.69, 9.17) is 0 Å². The second-order valence-electron chi connectivity index (χ2n) is 6.59. The van der Waals surface area contributed by atoms with Gasteiger partial charge in [-0.1, -0.05) is 33.6 Å². The van der Waals surface area contributed by atoms with Crippen molar-refractivity contribution >= 4 is 0 Å². The molecule has 1 saturated carbocycles. The van der Waals surface area contributed by atoms with Crippen LogP contribution in [0.25, 0.3) is 0 Å². The molecule has 2 rings (SSSR count). The largest absolute Gasteiger partial charge is 0.313 e. The van der Waals surface area contributed by atoms with Crippen LogP contribution in [-0.2, 0) is 0 Å². The monoisotopic (exact) mass is 252 g/mol. The maximum Gasteiger partial charge on any atom is 0.0252 e. The van der Waals surface area contributed by atoms with E-state index in [0.29, 0.717) is 0 Å². The maximum absolute atomic E-state index is 3.75. The van der Waals surface area contributed by atoms with Gasteiger partial charge in [0.2, 0.25) is 0 Å². The number of likely N-dealkylation sites (N-methyl/N-ethyl adjacent to an activating group) is 1. The van der Waals surface area contributed by atoms with Crippen LogP contribution < -0.4 is 5.32 Å². The van der Waals surface area contributed by atoms with E-state index in [1.807, 2.05) is 0 Å². The Balaban J connectivity index is 1.95. The average molecular weight is 252 g/mol. The van der Waals surface area contributed by atoms with Gasteiger partial charge < -0.3 is 5.32 Å². The molecule has 2 nitrogen and oxygen atoms in total. The topological polar surface area (TPSA) is 15.3 Å². The molecule has 106 valence electrons. The van der Waals surface area contributed by atoms with Crippen molar-refractivity contribution in [3.8, 4) is 0 Å². The van der Waals surface area contributed by atoms with Crippen LogP contribution >= 0.6 is 0 Å². The first kappa shape index (κ1) is 14.3. The lowest BCUT2D eigenvalue weighted by Crippen LogP contribution is -2.52. The summed E-state index contributed by atoms with van der Waals surface area (Å²) < 4.78 is 0. The molecule has 0 radical (unpaired) electrons. The zero-order valence-corrected chi connectivity index (χ0v) is 12.6. The van der Waals surface area contributed by atoms with Gasteiger partial charge in [-0.3, -0.25) is 4.90 Å². The molecule has 1 aliphatic heterocycles. The molecule has 2 fully saturated rings. The molecule has 1 heterocycles. The van der Waals surface area contributed by atoms with Gasteiger partial charge in [0.1, 0.15) is 0 Å². The minimum absolute atomic E-state index is 0.758. The quantitative estimate of drug-likeness (QED) is 0.808. The van der Waals surface area contributed by atoms with Gasteiger partial charge in [-0.2, -0.15) is 0 Å². The molecule has 1 saturated heterocycles. The van der Waals surface area contributed by atoms with E-state index in [-0.39, 0.29) is 0 Å². The van der Waals surface area contributed by atoms with E-state index in [9.17, 15) is 0 Å². The van der Waals surface area contributed by atoms with Gasteiger partial charge in [-0.15, -0.1) is 0 Å². The summed E-state index contributed by atoms with van der Waals surface area (Å²) in [6.07, 6.45) is 8.50. The van der Waals surface area contributed by atoms with Crippen molar-refractivity contribution < 1.29 is 0 Å². The standard InChI is InChI=1S/C16H32N2/c1-4-6-14-7-8-15(17-5-2)16(11-14)18-10-9-13(3)12-18/h13-17H,4-12H2,1-3H3. The maximum atomic E-state index is 3.75. The molecular formula is C16H32N2. The van der Waals surface area contributed by atoms with Crippen molar-refractivity contribution in [3.63, 3.8) is 0 Å². The first-order valence-corrected chi connectivity index (χ1v) is 8.22. The predicted octanol–water partition coefficient (Wildman–Crippen LogP) is 3.28. The van der Waals surface area contributed by atoms with Crippen molar-refractivity contribution in [3.05, 3.63) is 0 Å². The molecular weight excluding hydrogens is 220 g/mol. The summed E-state index contributed by atoms with van der Waals surface area (Å²) >= 11 is 0. The number of nitrogens with one attached hydrogen (secondary N) is 1. The molecule has 0 aromatic rings. The van der Waals surface area contributed by atoms with Crippen LogP contribution in [0, 0.1) is 11.8 Å². The van der Waals surface area contributed by atoms with E-state index in [0.717, 1.165) is 30.5 Å². The Morgan fingerprint density at radius 1 is 1.17 bits per heavy atom. The van der Waals surface area contributed by atoms with Gasteiger partial charge in [0.15, 0.2) is 0 Å². The van der Waals surface area contributed by atoms with Crippen LogP contribution in [0.2, 0.25) is 0 Å². The highest BCUT2D eigenvalue weighted by atomic mass is 15.2. The summed E-state index contributed by atoms with van der Waals surface area (Å²) in [7, 11) is 0. The normalized spacial score (nSPS) is 38.2. The SMILES string of the molecule is CCCC1CCC(NCC)C(N2CCC(C)C2)C1. The summed E-state index contributed by atoms with van der Waals surface area (Å²) in [5, 5.41) is 3.75. The molecule has 4 atom stereocenters. The number of hydrogen-bond acceptors (Lipinski definition) is 2. The number of likely N-dealkylation sites (tertiary alicyclic amines) is 1. The Kier molecular flexibility index (Phi) is 5.50. The Morgan fingerprint density at radius 2 is 2.00 bits per heavy atom. The molecule has 0 bridgehead atoms. The van der Waals surface area contributed by atoms with Crippen molar-refractivity contribution in [2.45, 2.75) is 71.4 Å². The molecule has 2 aliphatic rings. The first-order valence-electron chi connectivity index (χ1n) is 8.22. The van der Waals surface area contributed by atoms with E-state index in [2.05, 4.69) is 31.0 Å². The van der Waals surface area contributed by atoms with Crippen molar-refractivity contribution in [1.29, 1.82) is 0 Å². The molecule has 18 heavy (non-hydrogen) atoms. The summed E-state index contributed by atoms with van der Waals surface area (Å²) in [5.41, 5.74) is 0. The third-order valence-electron chi connectivity index (χ3n) is 5.01. The van der Waals surface area contributed by atoms with Gasteiger partial charge in [-0.25, -0.2) is 0 Å². The van der Waals surface area contributed by atoms with Crippen LogP contribution in [0.5, 0.6) is 0 Å². The van der Waals surface area contributed by atoms with Crippen LogP contribution in [0.4, 0.5) is 0 Å². The average Bonchev–Trinajstić information content (AvgIpc) is 2.78. The fraction of sp³-hybridized carbons (Fsp3) is 1.00. The molecule has 0 aromatic carbocycles. The van der Waals surface area contributed by atoms with Gasteiger partial charge in [-0.05, 0) is 50.6 Å². The summed E-state index contributed by atoms with van der Waals surface area (Å²) in [5.74, 6) is 1.91. The summed E-state index contributed by atoms with van der Waals surface area (Å²) in [4.78, 5) is 2.79. The lowest BCUT2D eigenvalue weighted by molar-refractivity contribution is 0.112. The minimum atomic E-state index is 0.758. The second-order valence-corrected chi connectivity index (χ2v) is 6.59. The van der Waals surface area contributed by atoms with E-state index in [1.54, 1.807) is 0 Å². The number of rotatable bonds is 5. The van der Waals surface area contributed by atoms with Gasteiger partial charge in [0.25, 0.3) is 0 Å². The smallest absolute Gasteiger partial charge is 0.0252 e. The predicted molar refractivity (Wildman–Crippen MR) is 78.9 cm³/mol. The van der Waals surface area contributed by atoms with Crippen LogP contribution in [0.3, 0.4) is 0 Å². The van der Waals surface area contributed by atoms with E-state index < -0.39 is 0 Å². The second kappa shape index (κ2) is 6.91. The van der Waals surface area contributed by atoms with Gasteiger partial charge >= 0.3 is 0 Å². The van der Waals surface area contributed by atoms with Gasteiger partial charge in [0, 0.05) is 18.6 Å². The highest BCUT2D eigenvalue weighted by molar-refractivity contribution is 4.93. The van der Waals surface area contributed by atoms with E-state index in [1.165, 1.54) is 51.6 Å². The van der Waals surface area contributed by atoms with Crippen LogP contribution in [-0.4, -0.2) is 36.6 Å². The van der Waals surface area contributed by atoms with E-state index >= 15 is 0 Å². The summed E-state index contributed by atoms with van der Waals surface area (Å²) in [6.45, 7) is 10.8. The van der Waals surface area contributed by atoms with Crippen LogP contribution in [0.1, 0.15) is 59.3 Å². The molecule has 4 unspecified atom stereocenters. The van der Waals surface area contributed by atoms with Crippen LogP contribution in [0.15, 0.2) is 0 Å². The molecule has 1 N–H and O–H groups in total. The molecule has 2 heteroatoms. The van der Waals surface area contributed by atoms with Gasteiger partial charge in [0.05, 0.1) is 0 Å². The fourth-order valence-electron chi connectivity index (χ4n) is 4.08. The lowest BCUT2D eigenvalue weighted by Gasteiger charge is -2.42. The molecule has 0 amide bonds. The minimum Gasteiger partial charge on any atom is -0.313 e. The molecule has 1 aliphatic carbocycles. The highest BCUT2D eigenvalue weighted by Gasteiger charge is 2.35. The zero-order chi connectivity index (χ0) is 13.0. The van der Waals surface area contributed by atoms with Crippen molar-refractivity contribution in [2.24, 2.45) is 11.8 Å². The highest BCUT2D eigenvalue weighted by Crippen LogP contribution is 2.33. The fourth-order valence-corrected chi connectivity index (χ4v) is 4.08. The number of hydrogen-bond donors (Lipinski definition) is 1. The third kappa shape index (κ3) is 3.48. The Morgan fingerprint density at radius 3 is 2.61 bits per heavy atom.